The lowest BCUT2D eigenvalue weighted by atomic mass is 10.2. The summed E-state index contributed by atoms with van der Waals surface area (Å²) in [5, 5.41) is 40.7. The normalized spacial score (nSPS) is 9.92. The maximum atomic E-state index is 10.2. The highest BCUT2D eigenvalue weighted by Crippen LogP contribution is 1.92. The monoisotopic (exact) mass is 353 g/mol. The molecule has 0 saturated carbocycles. The third kappa shape index (κ3) is 31.5. The zero-order valence-electron chi connectivity index (χ0n) is 12.8. The van der Waals surface area contributed by atoms with E-state index in [1.54, 1.807) is 0 Å². The van der Waals surface area contributed by atoms with Gasteiger partial charge in [0.25, 0.3) is 0 Å². The molecule has 13 heteroatoms. The Morgan fingerprint density at radius 2 is 1.42 bits per heavy atom. The highest BCUT2D eigenvalue weighted by molar-refractivity contribution is 5.88. The van der Waals surface area contributed by atoms with E-state index in [4.69, 9.17) is 37.3 Å². The zero-order chi connectivity index (χ0) is 19.7. The fourth-order valence-electron chi connectivity index (χ4n) is 0.798. The molecule has 24 heavy (non-hydrogen) atoms. The molecule has 12 N–H and O–H groups in total. The second-order valence-electron chi connectivity index (χ2n) is 3.99. The predicted octanol–water partition coefficient (Wildman–Crippen LogP) is -2.76. The van der Waals surface area contributed by atoms with E-state index in [0.29, 0.717) is 19.4 Å². The molecule has 0 aromatic carbocycles. The van der Waals surface area contributed by atoms with Gasteiger partial charge in [-0.1, -0.05) is 0 Å². The summed E-state index contributed by atoms with van der Waals surface area (Å²) in [6, 6.07) is -0.821. The molecular formula is C11H23N5O8. The Bertz CT molecular complexity index is 417. The first-order valence-corrected chi connectivity index (χ1v) is 6.35. The highest BCUT2D eigenvalue weighted by Gasteiger charge is 2.09. The number of hydrogen-bond acceptors (Lipinski definition) is 7. The first kappa shape index (κ1) is 26.0. The van der Waals surface area contributed by atoms with Crippen molar-refractivity contribution in [3.63, 3.8) is 0 Å². The first-order valence-electron chi connectivity index (χ1n) is 6.35. The van der Waals surface area contributed by atoms with Crippen LogP contribution in [-0.2, 0) is 19.2 Å². The smallest absolute Gasteiger partial charge is 0.320 e. The summed E-state index contributed by atoms with van der Waals surface area (Å²) >= 11 is 0. The molecule has 0 saturated heterocycles. The quantitative estimate of drug-likeness (QED) is 0.0929. The minimum Gasteiger partial charge on any atom is -0.481 e. The molecule has 0 aliphatic carbocycles. The minimum atomic E-state index is -1.31. The van der Waals surface area contributed by atoms with Gasteiger partial charge in [-0.3, -0.25) is 24.6 Å². The van der Waals surface area contributed by atoms with Crippen molar-refractivity contribution in [2.75, 3.05) is 13.1 Å². The Kier molecular flexibility index (Phi) is 17.8. The lowest BCUT2D eigenvalue weighted by Gasteiger charge is -2.06. The molecule has 1 atom stereocenters. The summed E-state index contributed by atoms with van der Waals surface area (Å²) in [6.07, 6.45) is 0.169. The van der Waals surface area contributed by atoms with Crippen LogP contribution in [0.2, 0.25) is 0 Å². The fraction of sp³-hybridized carbons (Fsp3) is 0.545. The Morgan fingerprint density at radius 3 is 1.62 bits per heavy atom. The molecule has 0 aromatic heterocycles. The molecule has 13 nitrogen and oxygen atoms in total. The molecular weight excluding hydrogens is 330 g/mol. The van der Waals surface area contributed by atoms with Crippen molar-refractivity contribution in [3.8, 4) is 0 Å². The summed E-state index contributed by atoms with van der Waals surface area (Å²) < 4.78 is 0. The van der Waals surface area contributed by atoms with Gasteiger partial charge in [-0.05, 0) is 12.8 Å². The Labute approximate surface area is 136 Å². The molecule has 0 bridgehead atoms. The third-order valence-electron chi connectivity index (χ3n) is 1.80. The number of hydrogen-bond donors (Lipinski definition) is 9. The number of guanidine groups is 1. The van der Waals surface area contributed by atoms with Crippen LogP contribution >= 0.6 is 0 Å². The molecule has 0 spiro atoms. The van der Waals surface area contributed by atoms with Crippen molar-refractivity contribution in [2.45, 2.75) is 25.3 Å². The summed E-state index contributed by atoms with van der Waals surface area (Å²) in [5.74, 6) is -4.71. The zero-order valence-corrected chi connectivity index (χ0v) is 12.8. The van der Waals surface area contributed by atoms with Gasteiger partial charge in [-0.2, -0.15) is 0 Å². The highest BCUT2D eigenvalue weighted by atomic mass is 16.4. The van der Waals surface area contributed by atoms with E-state index in [1.165, 1.54) is 0 Å². The summed E-state index contributed by atoms with van der Waals surface area (Å²) in [7, 11) is 0. The topological polar surface area (TPSA) is 263 Å². The van der Waals surface area contributed by atoms with Crippen LogP contribution in [0.4, 0.5) is 0 Å². The molecule has 0 aliphatic heterocycles. The number of nitrogens with two attached hydrogens (primary N) is 3. The molecule has 0 aromatic rings. The van der Waals surface area contributed by atoms with E-state index in [-0.39, 0.29) is 12.5 Å². The van der Waals surface area contributed by atoms with Gasteiger partial charge in [-0.25, -0.2) is 0 Å². The van der Waals surface area contributed by atoms with Crippen LogP contribution in [0.15, 0.2) is 0 Å². The summed E-state index contributed by atoms with van der Waals surface area (Å²) in [4.78, 5) is 38.3. The Hall–Kier alpha value is -2.93. The number of rotatable bonds is 8. The van der Waals surface area contributed by atoms with Crippen molar-refractivity contribution in [1.82, 2.24) is 5.32 Å². The third-order valence-corrected chi connectivity index (χ3v) is 1.80. The molecule has 0 radical (unpaired) electrons. The molecule has 0 amide bonds. The van der Waals surface area contributed by atoms with E-state index in [9.17, 15) is 19.2 Å². The number of aliphatic carboxylic acids is 4. The largest absolute Gasteiger partial charge is 0.481 e. The lowest BCUT2D eigenvalue weighted by molar-refractivity contribution is -0.147. The number of carbonyl (C=O) groups is 4. The molecule has 0 heterocycles. The maximum absolute atomic E-state index is 10.2. The van der Waals surface area contributed by atoms with Gasteiger partial charge in [0.1, 0.15) is 12.5 Å². The van der Waals surface area contributed by atoms with Crippen molar-refractivity contribution in [2.24, 2.45) is 17.2 Å². The van der Waals surface area contributed by atoms with Gasteiger partial charge in [-0.15, -0.1) is 0 Å². The second kappa shape index (κ2) is 16.4. The molecule has 0 aliphatic rings. The lowest BCUT2D eigenvalue weighted by Crippen LogP contribution is -2.34. The van der Waals surface area contributed by atoms with Crippen LogP contribution in [0.1, 0.15) is 19.3 Å². The first-order chi connectivity index (χ1) is 10.9. The van der Waals surface area contributed by atoms with Gasteiger partial charge < -0.3 is 42.9 Å². The van der Waals surface area contributed by atoms with Crippen LogP contribution in [0, 0.1) is 5.41 Å². The van der Waals surface area contributed by atoms with Crippen LogP contribution in [0.25, 0.3) is 0 Å². The second-order valence-corrected chi connectivity index (χ2v) is 3.99. The molecule has 1 unspecified atom stereocenters. The number of carboxylic acids is 4. The average molecular weight is 353 g/mol. The van der Waals surface area contributed by atoms with E-state index in [1.807, 2.05) is 0 Å². The van der Waals surface area contributed by atoms with Crippen LogP contribution in [0.5, 0.6) is 0 Å². The Balaban J connectivity index is -0.000000311. The maximum Gasteiger partial charge on any atom is 0.320 e. The number of nitrogens with one attached hydrogen (secondary N) is 2. The van der Waals surface area contributed by atoms with Gasteiger partial charge in [0.15, 0.2) is 5.96 Å². The predicted molar refractivity (Wildman–Crippen MR) is 81.3 cm³/mol. The average Bonchev–Trinajstić information content (AvgIpc) is 2.42. The van der Waals surface area contributed by atoms with Crippen LogP contribution in [0.3, 0.4) is 0 Å². The standard InChI is InChI=1S/C6H14N4O2.C3H4O4.C2H5NO2/c7-4(5(11)12)2-1-3-10-6(8)9;4-2(5)1-3(6)7;3-1-2(4)5/h4H,1-3,7H2,(H,11,12)(H4,8,9,10);1H2,(H,4,5)(H,6,7);1,3H2,(H,4,5). The van der Waals surface area contributed by atoms with Crippen molar-refractivity contribution >= 4 is 29.8 Å². The molecule has 0 fully saturated rings. The van der Waals surface area contributed by atoms with Gasteiger partial charge >= 0.3 is 23.9 Å². The van der Waals surface area contributed by atoms with Gasteiger partial charge in [0.05, 0.1) is 6.54 Å². The van der Waals surface area contributed by atoms with Crippen LogP contribution < -0.4 is 22.5 Å². The summed E-state index contributed by atoms with van der Waals surface area (Å²) in [6.45, 7) is 0.205. The number of carboxylic acid groups (broad SMARTS) is 4. The van der Waals surface area contributed by atoms with Gasteiger partial charge in [0, 0.05) is 6.54 Å². The fourth-order valence-corrected chi connectivity index (χ4v) is 0.798. The van der Waals surface area contributed by atoms with Crippen molar-refractivity contribution in [3.05, 3.63) is 0 Å². The van der Waals surface area contributed by atoms with E-state index in [0.717, 1.165) is 0 Å². The van der Waals surface area contributed by atoms with Crippen LogP contribution in [-0.4, -0.2) is 69.4 Å². The SMILES string of the molecule is N=C(N)NCCCC(N)C(=O)O.NCC(=O)O.O=C(O)CC(=O)O. The van der Waals surface area contributed by atoms with Crippen molar-refractivity contribution < 1.29 is 39.6 Å². The van der Waals surface area contributed by atoms with E-state index >= 15 is 0 Å². The van der Waals surface area contributed by atoms with E-state index in [2.05, 4.69) is 11.1 Å². The molecule has 0 rings (SSSR count). The van der Waals surface area contributed by atoms with Gasteiger partial charge in [0.2, 0.25) is 0 Å². The van der Waals surface area contributed by atoms with Crippen molar-refractivity contribution in [1.29, 1.82) is 5.41 Å². The minimum absolute atomic E-state index is 0.112. The Morgan fingerprint density at radius 1 is 1.00 bits per heavy atom. The molecule has 140 valence electrons. The summed E-state index contributed by atoms with van der Waals surface area (Å²) in [5.41, 5.74) is 14.8. The van der Waals surface area contributed by atoms with E-state index < -0.39 is 36.3 Å².